The van der Waals surface area contributed by atoms with Crippen molar-refractivity contribution in [2.24, 2.45) is 5.92 Å². The highest BCUT2D eigenvalue weighted by atomic mass is 32.1. The summed E-state index contributed by atoms with van der Waals surface area (Å²) in [7, 11) is 0. The van der Waals surface area contributed by atoms with E-state index < -0.39 is 0 Å². The van der Waals surface area contributed by atoms with E-state index in [0.717, 1.165) is 68.4 Å². The van der Waals surface area contributed by atoms with Crippen LogP contribution in [0.3, 0.4) is 0 Å². The zero-order valence-corrected chi connectivity index (χ0v) is 14.6. The van der Waals surface area contributed by atoms with Crippen molar-refractivity contribution in [2.45, 2.75) is 64.7 Å². The molecule has 5 heteroatoms. The highest BCUT2D eigenvalue weighted by Crippen LogP contribution is 2.39. The van der Waals surface area contributed by atoms with Gasteiger partial charge in [0.1, 0.15) is 5.00 Å². The Bertz CT molecular complexity index is 587. The van der Waals surface area contributed by atoms with Crippen LogP contribution in [-0.4, -0.2) is 18.5 Å². The molecule has 126 valence electrons. The van der Waals surface area contributed by atoms with E-state index in [2.05, 4.69) is 5.32 Å². The van der Waals surface area contributed by atoms with Crippen LogP contribution < -0.4 is 5.32 Å². The largest absolute Gasteiger partial charge is 0.462 e. The summed E-state index contributed by atoms with van der Waals surface area (Å²) >= 11 is 1.58. The molecule has 2 aliphatic rings. The Balaban J connectivity index is 1.84. The molecule has 0 unspecified atom stereocenters. The number of amides is 1. The van der Waals surface area contributed by atoms with Gasteiger partial charge in [0.25, 0.3) is 0 Å². The minimum absolute atomic E-state index is 0.0747. The summed E-state index contributed by atoms with van der Waals surface area (Å²) in [5.74, 6) is -0.0905. The van der Waals surface area contributed by atoms with Gasteiger partial charge in [-0.25, -0.2) is 4.79 Å². The summed E-state index contributed by atoms with van der Waals surface area (Å²) in [4.78, 5) is 26.2. The highest BCUT2D eigenvalue weighted by Gasteiger charge is 2.29. The van der Waals surface area contributed by atoms with E-state index in [1.54, 1.807) is 11.3 Å². The molecule has 0 saturated heterocycles. The third-order valence-electron chi connectivity index (χ3n) is 4.78. The first-order chi connectivity index (χ1) is 11.2. The molecule has 0 aromatic carbocycles. The molecular weight excluding hydrogens is 310 g/mol. The smallest absolute Gasteiger partial charge is 0.341 e. The summed E-state index contributed by atoms with van der Waals surface area (Å²) < 4.78 is 5.37. The van der Waals surface area contributed by atoms with E-state index in [9.17, 15) is 9.59 Å². The lowest BCUT2D eigenvalue weighted by atomic mass is 9.95. The van der Waals surface area contributed by atoms with Gasteiger partial charge in [0.15, 0.2) is 0 Å². The molecule has 23 heavy (non-hydrogen) atoms. The van der Waals surface area contributed by atoms with Gasteiger partial charge in [0.2, 0.25) is 5.91 Å². The number of carbonyl (C=O) groups excluding carboxylic acids is 2. The van der Waals surface area contributed by atoms with Crippen molar-refractivity contribution in [1.82, 2.24) is 0 Å². The molecule has 0 atom stereocenters. The Hall–Kier alpha value is -1.36. The molecule has 3 rings (SSSR count). The molecule has 0 spiro atoms. The van der Waals surface area contributed by atoms with Gasteiger partial charge in [-0.2, -0.15) is 0 Å². The van der Waals surface area contributed by atoms with E-state index >= 15 is 0 Å². The molecule has 0 radical (unpaired) electrons. The van der Waals surface area contributed by atoms with Crippen LogP contribution in [0.15, 0.2) is 0 Å². The molecule has 1 amide bonds. The van der Waals surface area contributed by atoms with Gasteiger partial charge in [-0.15, -0.1) is 11.3 Å². The van der Waals surface area contributed by atoms with Crippen molar-refractivity contribution in [3.63, 3.8) is 0 Å². The number of anilines is 1. The molecule has 1 fully saturated rings. The Labute approximate surface area is 141 Å². The lowest BCUT2D eigenvalue weighted by Crippen LogP contribution is -2.21. The third kappa shape index (κ3) is 3.60. The minimum atomic E-state index is -0.270. The number of nitrogens with one attached hydrogen (secondary N) is 1. The molecular formula is C18H25NO3S. The first-order valence-corrected chi connectivity index (χ1v) is 9.65. The van der Waals surface area contributed by atoms with Crippen molar-refractivity contribution in [1.29, 1.82) is 0 Å². The quantitative estimate of drug-likeness (QED) is 0.815. The van der Waals surface area contributed by atoms with Crippen LogP contribution >= 0.6 is 11.3 Å². The predicted molar refractivity (Wildman–Crippen MR) is 92.1 cm³/mol. The lowest BCUT2D eigenvalue weighted by Gasteiger charge is -2.13. The number of hydrogen-bond acceptors (Lipinski definition) is 4. The van der Waals surface area contributed by atoms with Crippen LogP contribution in [0.5, 0.6) is 0 Å². The third-order valence-corrected chi connectivity index (χ3v) is 5.98. The highest BCUT2D eigenvalue weighted by molar-refractivity contribution is 7.17. The average molecular weight is 335 g/mol. The van der Waals surface area contributed by atoms with Crippen LogP contribution in [0.4, 0.5) is 5.00 Å². The van der Waals surface area contributed by atoms with Crippen LogP contribution in [0, 0.1) is 5.92 Å². The van der Waals surface area contributed by atoms with Crippen molar-refractivity contribution >= 4 is 28.2 Å². The molecule has 2 aliphatic carbocycles. The number of aryl methyl sites for hydroxylation is 1. The number of fused-ring (bicyclic) bond motifs is 1. The Morgan fingerprint density at radius 1 is 1.17 bits per heavy atom. The molecule has 0 aliphatic heterocycles. The second kappa shape index (κ2) is 7.47. The topological polar surface area (TPSA) is 55.4 Å². The summed E-state index contributed by atoms with van der Waals surface area (Å²) in [5, 5.41) is 3.76. The number of rotatable bonds is 5. The van der Waals surface area contributed by atoms with Crippen molar-refractivity contribution < 1.29 is 14.3 Å². The van der Waals surface area contributed by atoms with Crippen molar-refractivity contribution in [2.75, 3.05) is 11.9 Å². The average Bonchev–Trinajstić information content (AvgIpc) is 3.19. The van der Waals surface area contributed by atoms with Gasteiger partial charge >= 0.3 is 5.97 Å². The van der Waals surface area contributed by atoms with Gasteiger partial charge in [-0.05, 0) is 50.5 Å². The second-order valence-electron chi connectivity index (χ2n) is 6.52. The standard InChI is InChI=1S/C18H25NO3S/c1-2-11-22-18(21)15-13-9-5-6-10-14(13)23-17(15)19-16(20)12-7-3-4-8-12/h12H,2-11H2,1H3,(H,19,20). The molecule has 1 saturated carbocycles. The van der Waals surface area contributed by atoms with E-state index in [4.69, 9.17) is 4.74 Å². The minimum Gasteiger partial charge on any atom is -0.462 e. The predicted octanol–water partition coefficient (Wildman–Crippen LogP) is 4.32. The number of thiophene rings is 1. The number of hydrogen-bond donors (Lipinski definition) is 1. The van der Waals surface area contributed by atoms with Crippen molar-refractivity contribution in [3.8, 4) is 0 Å². The Morgan fingerprint density at radius 2 is 1.91 bits per heavy atom. The first kappa shape index (κ1) is 16.5. The van der Waals surface area contributed by atoms with Gasteiger partial charge in [-0.3, -0.25) is 4.79 Å². The summed E-state index contributed by atoms with van der Waals surface area (Å²) in [5.41, 5.74) is 1.74. The fraction of sp³-hybridized carbons (Fsp3) is 0.667. The fourth-order valence-corrected chi connectivity index (χ4v) is 4.82. The normalized spacial score (nSPS) is 17.8. The maximum atomic E-state index is 12.5. The zero-order chi connectivity index (χ0) is 16.2. The van der Waals surface area contributed by atoms with Gasteiger partial charge in [0, 0.05) is 10.8 Å². The molecule has 1 N–H and O–H groups in total. The van der Waals surface area contributed by atoms with Crippen molar-refractivity contribution in [3.05, 3.63) is 16.0 Å². The summed E-state index contributed by atoms with van der Waals surface area (Å²) in [6.45, 7) is 2.42. The van der Waals surface area contributed by atoms with E-state index in [1.807, 2.05) is 6.92 Å². The van der Waals surface area contributed by atoms with Gasteiger partial charge in [0.05, 0.1) is 12.2 Å². The zero-order valence-electron chi connectivity index (χ0n) is 13.8. The maximum absolute atomic E-state index is 12.5. The van der Waals surface area contributed by atoms with E-state index in [0.29, 0.717) is 12.2 Å². The molecule has 4 nitrogen and oxygen atoms in total. The number of esters is 1. The first-order valence-electron chi connectivity index (χ1n) is 8.83. The van der Waals surface area contributed by atoms with Crippen LogP contribution in [0.25, 0.3) is 0 Å². The number of carbonyl (C=O) groups is 2. The Morgan fingerprint density at radius 3 is 2.65 bits per heavy atom. The SMILES string of the molecule is CCCOC(=O)c1c(NC(=O)C2CCCC2)sc2c1CCCC2. The number of ether oxygens (including phenoxy) is 1. The van der Waals surface area contributed by atoms with E-state index in [-0.39, 0.29) is 17.8 Å². The van der Waals surface area contributed by atoms with Gasteiger partial charge < -0.3 is 10.1 Å². The van der Waals surface area contributed by atoms with Crippen LogP contribution in [0.2, 0.25) is 0 Å². The van der Waals surface area contributed by atoms with Gasteiger partial charge in [-0.1, -0.05) is 19.8 Å². The van der Waals surface area contributed by atoms with Crippen LogP contribution in [0.1, 0.15) is 72.7 Å². The molecule has 1 aromatic heterocycles. The molecule has 0 bridgehead atoms. The Kier molecular flexibility index (Phi) is 5.36. The monoisotopic (exact) mass is 335 g/mol. The maximum Gasteiger partial charge on any atom is 0.341 e. The molecule has 1 heterocycles. The lowest BCUT2D eigenvalue weighted by molar-refractivity contribution is -0.119. The summed E-state index contributed by atoms with van der Waals surface area (Å²) in [6, 6.07) is 0. The fourth-order valence-electron chi connectivity index (χ4n) is 3.54. The second-order valence-corrected chi connectivity index (χ2v) is 7.63. The van der Waals surface area contributed by atoms with E-state index in [1.165, 1.54) is 4.88 Å². The summed E-state index contributed by atoms with van der Waals surface area (Å²) in [6.07, 6.45) is 9.19. The molecule has 1 aromatic rings. The van der Waals surface area contributed by atoms with Crippen LogP contribution in [-0.2, 0) is 22.4 Å².